The van der Waals surface area contributed by atoms with E-state index in [1.807, 2.05) is 24.3 Å². The minimum absolute atomic E-state index is 0.244. The third-order valence-corrected chi connectivity index (χ3v) is 5.29. The molecule has 1 amide bonds. The quantitative estimate of drug-likeness (QED) is 0.925. The second-order valence-electron chi connectivity index (χ2n) is 6.15. The van der Waals surface area contributed by atoms with Crippen LogP contribution in [0, 0.1) is 0 Å². The van der Waals surface area contributed by atoms with Crippen LogP contribution in [0.5, 0.6) is 0 Å². The van der Waals surface area contributed by atoms with Crippen LogP contribution < -0.4 is 5.32 Å². The van der Waals surface area contributed by atoms with Crippen molar-refractivity contribution in [3.63, 3.8) is 0 Å². The van der Waals surface area contributed by atoms with Gasteiger partial charge in [0, 0.05) is 12.2 Å². The van der Waals surface area contributed by atoms with Crippen molar-refractivity contribution in [2.24, 2.45) is 0 Å². The minimum Gasteiger partial charge on any atom is -0.325 e. The highest BCUT2D eigenvalue weighted by atomic mass is 32.2. The third kappa shape index (κ3) is 4.08. The van der Waals surface area contributed by atoms with Crippen molar-refractivity contribution in [1.82, 2.24) is 4.31 Å². The van der Waals surface area contributed by atoms with Gasteiger partial charge in [-0.1, -0.05) is 32.4 Å². The molecule has 1 fully saturated rings. The predicted octanol–water partition coefficient (Wildman–Crippen LogP) is 2.56. The van der Waals surface area contributed by atoms with Crippen LogP contribution in [0.4, 0.5) is 5.69 Å². The maximum absolute atomic E-state index is 12.5. The summed E-state index contributed by atoms with van der Waals surface area (Å²) in [5, 5.41) is 2.86. The lowest BCUT2D eigenvalue weighted by atomic mass is 10.0. The van der Waals surface area contributed by atoms with Crippen molar-refractivity contribution in [2.45, 2.75) is 45.1 Å². The molecule has 1 atom stereocenters. The molecule has 5 nitrogen and oxygen atoms in total. The Bertz CT molecular complexity index is 641. The molecule has 22 heavy (non-hydrogen) atoms. The first-order valence-electron chi connectivity index (χ1n) is 7.66. The second-order valence-corrected chi connectivity index (χ2v) is 8.09. The van der Waals surface area contributed by atoms with E-state index in [2.05, 4.69) is 19.2 Å². The molecule has 1 aliphatic rings. The summed E-state index contributed by atoms with van der Waals surface area (Å²) < 4.78 is 25.0. The van der Waals surface area contributed by atoms with E-state index in [1.54, 1.807) is 0 Å². The number of amides is 1. The van der Waals surface area contributed by atoms with Crippen molar-refractivity contribution in [1.29, 1.82) is 0 Å². The summed E-state index contributed by atoms with van der Waals surface area (Å²) in [5.74, 6) is 0.130. The zero-order valence-electron chi connectivity index (χ0n) is 13.4. The molecule has 2 rings (SSSR count). The number of nitrogens with zero attached hydrogens (tertiary/aromatic N) is 1. The third-order valence-electron chi connectivity index (χ3n) is 4.00. The molecule has 0 aliphatic carbocycles. The molecule has 1 unspecified atom stereocenters. The molecule has 6 heteroatoms. The Morgan fingerprint density at radius 1 is 1.32 bits per heavy atom. The van der Waals surface area contributed by atoms with Crippen molar-refractivity contribution in [3.8, 4) is 0 Å². The lowest BCUT2D eigenvalue weighted by molar-refractivity contribution is -0.120. The van der Waals surface area contributed by atoms with Crippen LogP contribution in [-0.4, -0.2) is 37.5 Å². The van der Waals surface area contributed by atoms with Crippen LogP contribution in [0.25, 0.3) is 0 Å². The number of piperidine rings is 1. The predicted molar refractivity (Wildman–Crippen MR) is 88.3 cm³/mol. The smallest absolute Gasteiger partial charge is 0.242 e. The Labute approximate surface area is 132 Å². The topological polar surface area (TPSA) is 66.5 Å². The first kappa shape index (κ1) is 17.0. The Morgan fingerprint density at radius 3 is 2.68 bits per heavy atom. The summed E-state index contributed by atoms with van der Waals surface area (Å²) in [6.07, 6.45) is 3.41. The lowest BCUT2D eigenvalue weighted by Crippen LogP contribution is -2.49. The normalized spacial score (nSPS) is 20.1. The second kappa shape index (κ2) is 6.79. The number of anilines is 1. The van der Waals surface area contributed by atoms with E-state index in [4.69, 9.17) is 0 Å². The fourth-order valence-electron chi connectivity index (χ4n) is 2.77. The number of rotatable bonds is 4. The average molecular weight is 324 g/mol. The van der Waals surface area contributed by atoms with Crippen LogP contribution in [-0.2, 0) is 14.8 Å². The van der Waals surface area contributed by atoms with Crippen molar-refractivity contribution in [3.05, 3.63) is 29.8 Å². The number of sulfonamides is 1. The van der Waals surface area contributed by atoms with E-state index in [1.165, 1.54) is 4.31 Å². The first-order chi connectivity index (χ1) is 10.3. The Kier molecular flexibility index (Phi) is 5.24. The zero-order valence-corrected chi connectivity index (χ0v) is 14.2. The standard InChI is InChI=1S/C16H24N2O3S/c1-12(2)13-7-6-8-14(11-13)17-16(19)15-9-4-5-10-18(15)22(3,20)21/h6-8,11-12,15H,4-5,9-10H2,1-3H3,(H,17,19). The van der Waals surface area contributed by atoms with Gasteiger partial charge in [-0.25, -0.2) is 8.42 Å². The molecule has 0 bridgehead atoms. The van der Waals surface area contributed by atoms with Crippen molar-refractivity contribution >= 4 is 21.6 Å². The molecule has 1 saturated heterocycles. The fraction of sp³-hybridized carbons (Fsp3) is 0.562. The van der Waals surface area contributed by atoms with Gasteiger partial charge in [0.1, 0.15) is 6.04 Å². The molecular weight excluding hydrogens is 300 g/mol. The van der Waals surface area contributed by atoms with Crippen molar-refractivity contribution in [2.75, 3.05) is 18.1 Å². The summed E-state index contributed by atoms with van der Waals surface area (Å²) >= 11 is 0. The van der Waals surface area contributed by atoms with E-state index < -0.39 is 16.1 Å². The van der Waals surface area contributed by atoms with Crippen molar-refractivity contribution < 1.29 is 13.2 Å². The summed E-state index contributed by atoms with van der Waals surface area (Å²) in [4.78, 5) is 12.5. The van der Waals surface area contributed by atoms with Gasteiger partial charge in [-0.05, 0) is 36.5 Å². The van der Waals surface area contributed by atoms with Crippen LogP contribution in [0.3, 0.4) is 0 Å². The minimum atomic E-state index is -3.36. The van der Waals surface area contributed by atoms with Gasteiger partial charge >= 0.3 is 0 Å². The molecule has 1 heterocycles. The van der Waals surface area contributed by atoms with Gasteiger partial charge in [-0.2, -0.15) is 4.31 Å². The van der Waals surface area contributed by atoms with Crippen LogP contribution in [0.15, 0.2) is 24.3 Å². The molecule has 1 N–H and O–H groups in total. The molecular formula is C16H24N2O3S. The number of nitrogens with one attached hydrogen (secondary N) is 1. The molecule has 1 aromatic carbocycles. The van der Waals surface area contributed by atoms with Gasteiger partial charge in [0.05, 0.1) is 6.26 Å². The fourth-order valence-corrected chi connectivity index (χ4v) is 3.89. The SMILES string of the molecule is CC(C)c1cccc(NC(=O)C2CCCCN2S(C)(=O)=O)c1. The summed E-state index contributed by atoms with van der Waals surface area (Å²) in [6.45, 7) is 4.60. The van der Waals surface area contributed by atoms with Gasteiger partial charge in [-0.3, -0.25) is 4.79 Å². The van der Waals surface area contributed by atoms with Gasteiger partial charge in [0.2, 0.25) is 15.9 Å². The van der Waals surface area contributed by atoms with Gasteiger partial charge < -0.3 is 5.32 Å². The number of benzene rings is 1. The highest BCUT2D eigenvalue weighted by Gasteiger charge is 2.34. The Hall–Kier alpha value is -1.40. The monoisotopic (exact) mass is 324 g/mol. The van der Waals surface area contributed by atoms with E-state index in [0.717, 1.165) is 30.3 Å². The number of hydrogen-bond acceptors (Lipinski definition) is 3. The molecule has 1 aliphatic heterocycles. The Balaban J connectivity index is 2.15. The van der Waals surface area contributed by atoms with Gasteiger partial charge in [0.15, 0.2) is 0 Å². The number of carbonyl (C=O) groups excluding carboxylic acids is 1. The summed E-state index contributed by atoms with van der Waals surface area (Å²) in [6, 6.07) is 7.09. The molecule has 0 spiro atoms. The van der Waals surface area contributed by atoms with E-state index in [-0.39, 0.29) is 5.91 Å². The highest BCUT2D eigenvalue weighted by Crippen LogP contribution is 2.23. The maximum atomic E-state index is 12.5. The van der Waals surface area contributed by atoms with Crippen LogP contribution >= 0.6 is 0 Å². The zero-order chi connectivity index (χ0) is 16.3. The molecule has 1 aromatic rings. The molecule has 0 radical (unpaired) electrons. The van der Waals surface area contributed by atoms with Crippen LogP contribution in [0.2, 0.25) is 0 Å². The van der Waals surface area contributed by atoms with Gasteiger partial charge in [-0.15, -0.1) is 0 Å². The van der Waals surface area contributed by atoms with E-state index >= 15 is 0 Å². The number of carbonyl (C=O) groups is 1. The summed E-state index contributed by atoms with van der Waals surface area (Å²) in [5.41, 5.74) is 1.86. The molecule has 0 saturated carbocycles. The van der Waals surface area contributed by atoms with E-state index in [0.29, 0.717) is 18.9 Å². The lowest BCUT2D eigenvalue weighted by Gasteiger charge is -2.32. The largest absolute Gasteiger partial charge is 0.325 e. The van der Waals surface area contributed by atoms with Crippen LogP contribution in [0.1, 0.15) is 44.6 Å². The highest BCUT2D eigenvalue weighted by molar-refractivity contribution is 7.88. The summed E-state index contributed by atoms with van der Waals surface area (Å²) in [7, 11) is -3.36. The van der Waals surface area contributed by atoms with Gasteiger partial charge in [0.25, 0.3) is 0 Å². The molecule has 0 aromatic heterocycles. The van der Waals surface area contributed by atoms with E-state index in [9.17, 15) is 13.2 Å². The average Bonchev–Trinajstić information content (AvgIpc) is 2.46. The molecule has 122 valence electrons. The maximum Gasteiger partial charge on any atom is 0.242 e. The Morgan fingerprint density at radius 2 is 2.05 bits per heavy atom. The first-order valence-corrected chi connectivity index (χ1v) is 9.51. The number of hydrogen-bond donors (Lipinski definition) is 1.